The summed E-state index contributed by atoms with van der Waals surface area (Å²) in [5, 5.41) is 3.07. The number of carbonyl (C=O) groups is 1. The number of nitrogens with zero attached hydrogens (tertiary/aromatic N) is 3. The van der Waals surface area contributed by atoms with Gasteiger partial charge in [0, 0.05) is 25.5 Å². The van der Waals surface area contributed by atoms with Gasteiger partial charge in [-0.1, -0.05) is 13.8 Å². The van der Waals surface area contributed by atoms with E-state index in [0.717, 1.165) is 13.0 Å². The first-order valence-corrected chi connectivity index (χ1v) is 6.34. The molecule has 0 aliphatic carbocycles. The fourth-order valence-corrected chi connectivity index (χ4v) is 1.34. The minimum absolute atomic E-state index is 0.0864. The molecule has 18 heavy (non-hydrogen) atoms. The summed E-state index contributed by atoms with van der Waals surface area (Å²) >= 11 is 0. The Bertz CT molecular complexity index is 329. The van der Waals surface area contributed by atoms with Crippen LogP contribution < -0.4 is 5.32 Å². The van der Waals surface area contributed by atoms with Gasteiger partial charge in [-0.2, -0.15) is 0 Å². The maximum absolute atomic E-state index is 12.0. The standard InChI is InChI=1S/C11H18N4O.C2H6/c1-9(4-5-12-2)15(3)11(16)10-8-13-6-7-14-10;1-2/h6-9,12H,4-5H2,1-3H3;1-2H3. The van der Waals surface area contributed by atoms with Crippen LogP contribution in [0.4, 0.5) is 0 Å². The second kappa shape index (κ2) is 9.53. The first kappa shape index (κ1) is 16.5. The summed E-state index contributed by atoms with van der Waals surface area (Å²) in [7, 11) is 3.69. The molecule has 0 bridgehead atoms. The highest BCUT2D eigenvalue weighted by molar-refractivity contribution is 5.91. The van der Waals surface area contributed by atoms with E-state index in [9.17, 15) is 4.79 Å². The molecule has 1 heterocycles. The van der Waals surface area contributed by atoms with E-state index >= 15 is 0 Å². The first-order chi connectivity index (χ1) is 8.66. The lowest BCUT2D eigenvalue weighted by molar-refractivity contribution is 0.0731. The third kappa shape index (κ3) is 5.23. The number of amides is 1. The molecule has 0 saturated carbocycles. The Morgan fingerprint density at radius 1 is 1.44 bits per heavy atom. The lowest BCUT2D eigenvalue weighted by Crippen LogP contribution is -2.37. The molecule has 0 radical (unpaired) electrons. The molecule has 0 spiro atoms. The summed E-state index contributed by atoms with van der Waals surface area (Å²) in [6, 6.07) is 0.182. The van der Waals surface area contributed by atoms with Crippen LogP contribution in [0.3, 0.4) is 0 Å². The number of hydrogen-bond acceptors (Lipinski definition) is 4. The van der Waals surface area contributed by atoms with Crippen molar-refractivity contribution in [3.05, 3.63) is 24.3 Å². The van der Waals surface area contributed by atoms with Crippen molar-refractivity contribution in [2.45, 2.75) is 33.2 Å². The van der Waals surface area contributed by atoms with E-state index in [1.807, 2.05) is 27.8 Å². The third-order valence-electron chi connectivity index (χ3n) is 2.58. The van der Waals surface area contributed by atoms with Crippen LogP contribution in [0, 0.1) is 0 Å². The molecule has 5 nitrogen and oxygen atoms in total. The Hall–Kier alpha value is -1.49. The minimum atomic E-state index is -0.0864. The van der Waals surface area contributed by atoms with E-state index < -0.39 is 0 Å². The summed E-state index contributed by atoms with van der Waals surface area (Å²) < 4.78 is 0. The molecule has 0 aliphatic rings. The topological polar surface area (TPSA) is 58.1 Å². The van der Waals surface area contributed by atoms with E-state index in [0.29, 0.717) is 5.69 Å². The van der Waals surface area contributed by atoms with Crippen LogP contribution in [0.1, 0.15) is 37.7 Å². The normalized spacial score (nSPS) is 11.2. The summed E-state index contributed by atoms with van der Waals surface area (Å²) in [5.74, 6) is -0.0864. The predicted molar refractivity (Wildman–Crippen MR) is 73.5 cm³/mol. The molecule has 102 valence electrons. The molecule has 1 rings (SSSR count). The number of nitrogens with one attached hydrogen (secondary N) is 1. The lowest BCUT2D eigenvalue weighted by atomic mass is 10.2. The van der Waals surface area contributed by atoms with Gasteiger partial charge in [-0.15, -0.1) is 0 Å². The van der Waals surface area contributed by atoms with E-state index in [4.69, 9.17) is 0 Å². The van der Waals surface area contributed by atoms with Crippen LogP contribution in [-0.2, 0) is 0 Å². The lowest BCUT2D eigenvalue weighted by Gasteiger charge is -2.24. The van der Waals surface area contributed by atoms with Crippen LogP contribution in [0.15, 0.2) is 18.6 Å². The average Bonchev–Trinajstić information content (AvgIpc) is 2.46. The quantitative estimate of drug-likeness (QED) is 0.864. The van der Waals surface area contributed by atoms with Crippen LogP contribution in [-0.4, -0.2) is 47.5 Å². The predicted octanol–water partition coefficient (Wildman–Crippen LogP) is 1.57. The largest absolute Gasteiger partial charge is 0.338 e. The van der Waals surface area contributed by atoms with E-state index in [1.54, 1.807) is 18.1 Å². The van der Waals surface area contributed by atoms with Gasteiger partial charge in [0.05, 0.1) is 6.20 Å². The van der Waals surface area contributed by atoms with Gasteiger partial charge in [0.2, 0.25) is 0 Å². The van der Waals surface area contributed by atoms with Crippen LogP contribution in [0.25, 0.3) is 0 Å². The van der Waals surface area contributed by atoms with Crippen LogP contribution in [0.5, 0.6) is 0 Å². The SMILES string of the molecule is CC.CNCCC(C)N(C)C(=O)c1cnccn1. The Kier molecular flexibility index (Phi) is 8.74. The number of rotatable bonds is 5. The molecule has 1 unspecified atom stereocenters. The van der Waals surface area contributed by atoms with Crippen molar-refractivity contribution in [2.75, 3.05) is 20.6 Å². The molecule has 1 N–H and O–H groups in total. The van der Waals surface area contributed by atoms with Gasteiger partial charge < -0.3 is 10.2 Å². The monoisotopic (exact) mass is 252 g/mol. The van der Waals surface area contributed by atoms with Crippen LogP contribution in [0.2, 0.25) is 0 Å². The van der Waals surface area contributed by atoms with Gasteiger partial charge in [0.15, 0.2) is 0 Å². The molecule has 1 aromatic heterocycles. The maximum atomic E-state index is 12.0. The molecule has 0 saturated heterocycles. The third-order valence-corrected chi connectivity index (χ3v) is 2.58. The van der Waals surface area contributed by atoms with Gasteiger partial charge in [-0.3, -0.25) is 9.78 Å². The van der Waals surface area contributed by atoms with E-state index in [1.165, 1.54) is 12.4 Å². The zero-order valence-electron chi connectivity index (χ0n) is 12.0. The van der Waals surface area contributed by atoms with E-state index in [2.05, 4.69) is 15.3 Å². The summed E-state index contributed by atoms with van der Waals surface area (Å²) in [6.07, 6.45) is 5.49. The Morgan fingerprint density at radius 2 is 2.11 bits per heavy atom. The zero-order chi connectivity index (χ0) is 14.0. The number of aromatic nitrogens is 2. The fraction of sp³-hybridized carbons (Fsp3) is 0.615. The second-order valence-corrected chi connectivity index (χ2v) is 3.75. The number of carbonyl (C=O) groups excluding carboxylic acids is 1. The average molecular weight is 252 g/mol. The molecule has 1 atom stereocenters. The highest BCUT2D eigenvalue weighted by Crippen LogP contribution is 2.05. The van der Waals surface area contributed by atoms with Gasteiger partial charge in [0.25, 0.3) is 5.91 Å². The summed E-state index contributed by atoms with van der Waals surface area (Å²) in [6.45, 7) is 6.91. The highest BCUT2D eigenvalue weighted by Gasteiger charge is 2.17. The van der Waals surface area contributed by atoms with Crippen molar-refractivity contribution in [3.63, 3.8) is 0 Å². The Balaban J connectivity index is 0.00000137. The molecule has 1 aromatic rings. The molecule has 0 fully saturated rings. The zero-order valence-corrected chi connectivity index (χ0v) is 12.0. The highest BCUT2D eigenvalue weighted by atomic mass is 16.2. The van der Waals surface area contributed by atoms with Gasteiger partial charge in [-0.25, -0.2) is 4.98 Å². The van der Waals surface area contributed by atoms with Gasteiger partial charge in [-0.05, 0) is 26.9 Å². The number of hydrogen-bond donors (Lipinski definition) is 1. The van der Waals surface area contributed by atoms with Crippen molar-refractivity contribution in [3.8, 4) is 0 Å². The Labute approximate surface area is 110 Å². The molecule has 0 aromatic carbocycles. The molecular formula is C13H24N4O. The first-order valence-electron chi connectivity index (χ1n) is 6.34. The fourth-order valence-electron chi connectivity index (χ4n) is 1.34. The summed E-state index contributed by atoms with van der Waals surface area (Å²) in [4.78, 5) is 21.5. The smallest absolute Gasteiger partial charge is 0.274 e. The van der Waals surface area contributed by atoms with E-state index in [-0.39, 0.29) is 11.9 Å². The molecule has 1 amide bonds. The molecule has 5 heteroatoms. The summed E-state index contributed by atoms with van der Waals surface area (Å²) in [5.41, 5.74) is 0.390. The van der Waals surface area contributed by atoms with Crippen molar-refractivity contribution >= 4 is 5.91 Å². The van der Waals surface area contributed by atoms with Gasteiger partial charge >= 0.3 is 0 Å². The molecule has 0 aliphatic heterocycles. The Morgan fingerprint density at radius 3 is 2.61 bits per heavy atom. The maximum Gasteiger partial charge on any atom is 0.274 e. The van der Waals surface area contributed by atoms with Crippen LogP contribution >= 0.6 is 0 Å². The van der Waals surface area contributed by atoms with Crippen molar-refractivity contribution < 1.29 is 4.79 Å². The minimum Gasteiger partial charge on any atom is -0.338 e. The van der Waals surface area contributed by atoms with Gasteiger partial charge in [0.1, 0.15) is 5.69 Å². The van der Waals surface area contributed by atoms with Crippen molar-refractivity contribution in [1.29, 1.82) is 0 Å². The van der Waals surface area contributed by atoms with Crippen molar-refractivity contribution in [1.82, 2.24) is 20.2 Å². The second-order valence-electron chi connectivity index (χ2n) is 3.75. The molecular weight excluding hydrogens is 228 g/mol. The van der Waals surface area contributed by atoms with Crippen molar-refractivity contribution in [2.24, 2.45) is 0 Å².